The lowest BCUT2D eigenvalue weighted by atomic mass is 9.89. The maximum Gasteiger partial charge on any atom is 0.490 e. The summed E-state index contributed by atoms with van der Waals surface area (Å²) in [5.74, 6) is -4.37. The van der Waals surface area contributed by atoms with Gasteiger partial charge in [-0.3, -0.25) is 9.80 Å². The van der Waals surface area contributed by atoms with E-state index < -0.39 is 24.3 Å². The van der Waals surface area contributed by atoms with Crippen molar-refractivity contribution in [1.82, 2.24) is 24.3 Å². The molecule has 0 aliphatic carbocycles. The van der Waals surface area contributed by atoms with Crippen molar-refractivity contribution in [3.63, 3.8) is 0 Å². The third kappa shape index (κ3) is 10.2. The number of aromatic nitrogens is 3. The van der Waals surface area contributed by atoms with Crippen LogP contribution in [0, 0.1) is 0 Å². The molecule has 2 aliphatic rings. The summed E-state index contributed by atoms with van der Waals surface area (Å²) >= 11 is 1.74. The summed E-state index contributed by atoms with van der Waals surface area (Å²) in [4.78, 5) is 31.7. The Labute approximate surface area is 217 Å². The van der Waals surface area contributed by atoms with Crippen molar-refractivity contribution in [3.05, 3.63) is 34.8 Å². The van der Waals surface area contributed by atoms with Crippen LogP contribution in [-0.4, -0.2) is 97.2 Å². The zero-order valence-corrected chi connectivity index (χ0v) is 21.0. The highest BCUT2D eigenvalue weighted by Crippen LogP contribution is 2.31. The topological polar surface area (TPSA) is 121 Å². The van der Waals surface area contributed by atoms with Gasteiger partial charge in [-0.2, -0.15) is 26.3 Å². The Morgan fingerprint density at radius 1 is 0.974 bits per heavy atom. The lowest BCUT2D eigenvalue weighted by Crippen LogP contribution is -2.56. The molecule has 0 radical (unpaired) electrons. The zero-order valence-electron chi connectivity index (χ0n) is 20.2. The number of thiazole rings is 1. The second kappa shape index (κ2) is 13.3. The van der Waals surface area contributed by atoms with Crippen LogP contribution in [0.2, 0.25) is 0 Å². The van der Waals surface area contributed by atoms with E-state index in [-0.39, 0.29) is 5.60 Å². The molecule has 2 aromatic heterocycles. The number of piperidine rings is 1. The summed E-state index contributed by atoms with van der Waals surface area (Å²) in [5.41, 5.74) is 0.0354. The molecule has 0 bridgehead atoms. The summed E-state index contributed by atoms with van der Waals surface area (Å²) in [7, 11) is 2.06. The van der Waals surface area contributed by atoms with Gasteiger partial charge in [0.2, 0.25) is 0 Å². The molecule has 38 heavy (non-hydrogen) atoms. The van der Waals surface area contributed by atoms with Gasteiger partial charge in [-0.1, -0.05) is 0 Å². The minimum atomic E-state index is -5.08. The average molecular weight is 576 g/mol. The maximum atomic E-state index is 10.6. The highest BCUT2D eigenvalue weighted by atomic mass is 32.1. The third-order valence-electron chi connectivity index (χ3n) is 5.71. The predicted molar refractivity (Wildman–Crippen MR) is 121 cm³/mol. The monoisotopic (exact) mass is 575 g/mol. The molecular formula is C21H27F6N5O5S. The van der Waals surface area contributed by atoms with Crippen LogP contribution in [0.3, 0.4) is 0 Å². The SMILES string of the molecule is Cn1ccnc1CN1CCC2(CC1)CN(Cc1nccs1)CCO2.O=C(O)C(F)(F)F.O=C(O)C(F)(F)F. The van der Waals surface area contributed by atoms with Crippen LogP contribution in [-0.2, 0) is 34.5 Å². The molecule has 0 atom stereocenters. The zero-order chi connectivity index (χ0) is 28.6. The van der Waals surface area contributed by atoms with Gasteiger partial charge in [-0.05, 0) is 12.8 Å². The van der Waals surface area contributed by atoms with Gasteiger partial charge in [-0.25, -0.2) is 19.6 Å². The Bertz CT molecular complexity index is 999. The fraction of sp³-hybridized carbons (Fsp3) is 0.619. The number of rotatable bonds is 4. The summed E-state index contributed by atoms with van der Waals surface area (Å²) in [6.07, 6.45) is -2.17. The van der Waals surface area contributed by atoms with Gasteiger partial charge in [0.15, 0.2) is 0 Å². The fourth-order valence-electron chi connectivity index (χ4n) is 3.75. The number of hydrogen-bond donors (Lipinski definition) is 2. The number of alkyl halides is 6. The molecular weight excluding hydrogens is 548 g/mol. The molecule has 10 nitrogen and oxygen atoms in total. The van der Waals surface area contributed by atoms with E-state index in [2.05, 4.69) is 36.8 Å². The molecule has 0 aromatic carbocycles. The summed E-state index contributed by atoms with van der Waals surface area (Å²) in [5, 5.41) is 17.5. The maximum absolute atomic E-state index is 10.6. The summed E-state index contributed by atoms with van der Waals surface area (Å²) < 4.78 is 71.8. The number of halogens is 6. The largest absolute Gasteiger partial charge is 0.490 e. The van der Waals surface area contributed by atoms with Gasteiger partial charge in [0.05, 0.1) is 25.3 Å². The Morgan fingerprint density at radius 2 is 1.55 bits per heavy atom. The minimum absolute atomic E-state index is 0.0354. The Morgan fingerprint density at radius 3 is 2.00 bits per heavy atom. The van der Waals surface area contributed by atoms with Gasteiger partial charge in [0.25, 0.3) is 0 Å². The molecule has 2 aromatic rings. The number of aliphatic carboxylic acids is 2. The normalized spacial score (nSPS) is 18.2. The highest BCUT2D eigenvalue weighted by molar-refractivity contribution is 7.09. The standard InChI is InChI=1S/C17H25N5OS.2C2HF3O2/c1-20-8-4-18-15(20)12-21-6-2-17(3-7-21)14-22(9-10-23-17)13-16-19-5-11-24-16;2*3-2(4,5)1(6)7/h4-5,8,11H,2-3,6-7,9-10,12-14H2,1H3;2*(H,6,7). The van der Waals surface area contributed by atoms with E-state index in [1.165, 1.54) is 5.01 Å². The van der Waals surface area contributed by atoms with E-state index >= 15 is 0 Å². The van der Waals surface area contributed by atoms with Crippen molar-refractivity contribution < 1.29 is 50.9 Å². The Hall–Kier alpha value is -2.76. The van der Waals surface area contributed by atoms with Crippen molar-refractivity contribution in [3.8, 4) is 0 Å². The summed E-state index contributed by atoms with van der Waals surface area (Å²) in [6.45, 7) is 6.93. The number of likely N-dealkylation sites (tertiary alicyclic amines) is 1. The van der Waals surface area contributed by atoms with Crippen molar-refractivity contribution >= 4 is 23.3 Å². The molecule has 0 saturated carbocycles. The quantitative estimate of drug-likeness (QED) is 0.530. The third-order valence-corrected chi connectivity index (χ3v) is 6.47. The molecule has 2 saturated heterocycles. The number of hydrogen-bond acceptors (Lipinski definition) is 8. The van der Waals surface area contributed by atoms with Crippen LogP contribution in [0.1, 0.15) is 23.7 Å². The highest BCUT2D eigenvalue weighted by Gasteiger charge is 2.40. The van der Waals surface area contributed by atoms with Gasteiger partial charge >= 0.3 is 24.3 Å². The molecule has 0 amide bonds. The number of nitrogens with zero attached hydrogens (tertiary/aromatic N) is 5. The second-order valence-electron chi connectivity index (χ2n) is 8.50. The van der Waals surface area contributed by atoms with E-state index in [4.69, 9.17) is 24.5 Å². The van der Waals surface area contributed by atoms with Crippen LogP contribution >= 0.6 is 11.3 Å². The van der Waals surface area contributed by atoms with Gasteiger partial charge < -0.3 is 19.5 Å². The number of carboxylic acids is 2. The van der Waals surface area contributed by atoms with E-state index in [0.717, 1.165) is 64.5 Å². The van der Waals surface area contributed by atoms with E-state index in [1.807, 2.05) is 18.6 Å². The number of carbonyl (C=O) groups is 2. The van der Waals surface area contributed by atoms with Gasteiger partial charge in [0.1, 0.15) is 10.8 Å². The van der Waals surface area contributed by atoms with Crippen LogP contribution in [0.4, 0.5) is 26.3 Å². The first-order valence-corrected chi connectivity index (χ1v) is 12.0. The first-order chi connectivity index (χ1) is 17.6. The van der Waals surface area contributed by atoms with Crippen molar-refractivity contribution in [2.45, 2.75) is 43.9 Å². The number of carboxylic acid groups (broad SMARTS) is 2. The molecule has 2 fully saturated rings. The van der Waals surface area contributed by atoms with Crippen LogP contribution in [0.5, 0.6) is 0 Å². The van der Waals surface area contributed by atoms with Crippen molar-refractivity contribution in [2.24, 2.45) is 7.05 Å². The van der Waals surface area contributed by atoms with Gasteiger partial charge in [0, 0.05) is 57.2 Å². The average Bonchev–Trinajstić information content (AvgIpc) is 3.47. The number of ether oxygens (including phenoxy) is 1. The molecule has 1 spiro atoms. The van der Waals surface area contributed by atoms with Crippen LogP contribution in [0.25, 0.3) is 0 Å². The van der Waals surface area contributed by atoms with Crippen molar-refractivity contribution in [2.75, 3.05) is 32.8 Å². The fourth-order valence-corrected chi connectivity index (χ4v) is 4.41. The van der Waals surface area contributed by atoms with Crippen molar-refractivity contribution in [1.29, 1.82) is 0 Å². The molecule has 0 unspecified atom stereocenters. The molecule has 17 heteroatoms. The smallest absolute Gasteiger partial charge is 0.475 e. The molecule has 2 N–H and O–H groups in total. The lowest BCUT2D eigenvalue weighted by Gasteiger charge is -2.47. The predicted octanol–water partition coefficient (Wildman–Crippen LogP) is 3.01. The lowest BCUT2D eigenvalue weighted by molar-refractivity contribution is -0.193. The first kappa shape index (κ1) is 31.5. The summed E-state index contributed by atoms with van der Waals surface area (Å²) in [6, 6.07) is 0. The molecule has 4 rings (SSSR count). The van der Waals surface area contributed by atoms with E-state index in [1.54, 1.807) is 11.3 Å². The molecule has 214 valence electrons. The van der Waals surface area contributed by atoms with Gasteiger partial charge in [-0.15, -0.1) is 11.3 Å². The van der Waals surface area contributed by atoms with Crippen LogP contribution in [0.15, 0.2) is 24.0 Å². The molecule has 2 aliphatic heterocycles. The Kier molecular flexibility index (Phi) is 11.0. The second-order valence-corrected chi connectivity index (χ2v) is 9.48. The van der Waals surface area contributed by atoms with E-state index in [0.29, 0.717) is 0 Å². The number of morpholine rings is 1. The number of aryl methyl sites for hydroxylation is 1. The van der Waals surface area contributed by atoms with Crippen LogP contribution < -0.4 is 0 Å². The molecule has 4 heterocycles. The number of imidazole rings is 1. The van der Waals surface area contributed by atoms with E-state index in [9.17, 15) is 26.3 Å². The minimum Gasteiger partial charge on any atom is -0.475 e. The first-order valence-electron chi connectivity index (χ1n) is 11.1. The Balaban J connectivity index is 0.000000301.